The summed E-state index contributed by atoms with van der Waals surface area (Å²) in [6.07, 6.45) is 10.1. The highest BCUT2D eigenvalue weighted by molar-refractivity contribution is 5.75. The van der Waals surface area contributed by atoms with Crippen LogP contribution >= 0.6 is 0 Å². The molecule has 0 radical (unpaired) electrons. The molecule has 1 aliphatic carbocycles. The Morgan fingerprint density at radius 3 is 1.92 bits per heavy atom. The first kappa shape index (κ1) is 21.0. The van der Waals surface area contributed by atoms with Gasteiger partial charge in [-0.3, -0.25) is 9.59 Å². The van der Waals surface area contributed by atoms with Crippen molar-refractivity contribution in [3.63, 3.8) is 0 Å². The lowest BCUT2D eigenvalue weighted by atomic mass is 9.82. The first-order chi connectivity index (χ1) is 11.6. The minimum atomic E-state index is -0.108. The van der Waals surface area contributed by atoms with E-state index in [1.807, 2.05) is 6.92 Å². The van der Waals surface area contributed by atoms with Gasteiger partial charge < -0.3 is 9.47 Å². The molecule has 0 N–H and O–H groups in total. The minimum absolute atomic E-state index is 0.0316. The Morgan fingerprint density at radius 1 is 0.833 bits per heavy atom. The fourth-order valence-corrected chi connectivity index (χ4v) is 3.55. The highest BCUT2D eigenvalue weighted by Gasteiger charge is 2.31. The Balaban J connectivity index is 2.30. The van der Waals surface area contributed by atoms with Gasteiger partial charge in [0.2, 0.25) is 0 Å². The predicted molar refractivity (Wildman–Crippen MR) is 95.6 cm³/mol. The molecule has 4 nitrogen and oxygen atoms in total. The Kier molecular flexibility index (Phi) is 10.8. The average molecular weight is 341 g/mol. The molecule has 1 atom stereocenters. The highest BCUT2D eigenvalue weighted by Crippen LogP contribution is 2.30. The van der Waals surface area contributed by atoms with E-state index in [4.69, 9.17) is 9.47 Å². The van der Waals surface area contributed by atoms with Crippen molar-refractivity contribution in [2.75, 3.05) is 13.2 Å². The van der Waals surface area contributed by atoms with Crippen molar-refractivity contribution in [3.05, 3.63) is 0 Å². The Bertz CT molecular complexity index is 359. The summed E-state index contributed by atoms with van der Waals surface area (Å²) in [5.74, 6) is 0.267. The van der Waals surface area contributed by atoms with Crippen LogP contribution in [0.1, 0.15) is 85.0 Å². The van der Waals surface area contributed by atoms with E-state index in [1.165, 1.54) is 19.3 Å². The summed E-state index contributed by atoms with van der Waals surface area (Å²) in [6.45, 7) is 7.22. The first-order valence-corrected chi connectivity index (χ1v) is 9.95. The van der Waals surface area contributed by atoms with Crippen LogP contribution in [0.2, 0.25) is 0 Å². The zero-order valence-corrected chi connectivity index (χ0v) is 15.9. The van der Waals surface area contributed by atoms with E-state index in [-0.39, 0.29) is 23.8 Å². The zero-order valence-electron chi connectivity index (χ0n) is 15.9. The van der Waals surface area contributed by atoms with Gasteiger partial charge in [0, 0.05) is 0 Å². The topological polar surface area (TPSA) is 52.6 Å². The van der Waals surface area contributed by atoms with Gasteiger partial charge in [0.25, 0.3) is 0 Å². The van der Waals surface area contributed by atoms with Gasteiger partial charge in [-0.2, -0.15) is 0 Å². The second-order valence-corrected chi connectivity index (χ2v) is 7.08. The number of carbonyl (C=O) groups excluding carboxylic acids is 2. The number of esters is 2. The van der Waals surface area contributed by atoms with Crippen LogP contribution in [-0.2, 0) is 19.1 Å². The fourth-order valence-electron chi connectivity index (χ4n) is 3.55. The second kappa shape index (κ2) is 12.3. The lowest BCUT2D eigenvalue weighted by molar-refractivity contribution is -0.155. The summed E-state index contributed by atoms with van der Waals surface area (Å²) >= 11 is 0. The maximum Gasteiger partial charge on any atom is 0.308 e. The molecule has 1 saturated carbocycles. The maximum absolute atomic E-state index is 12.3. The third-order valence-electron chi connectivity index (χ3n) is 5.05. The molecule has 1 fully saturated rings. The quantitative estimate of drug-likeness (QED) is 0.397. The predicted octanol–water partition coefficient (Wildman–Crippen LogP) is 4.90. The minimum Gasteiger partial charge on any atom is -0.466 e. The summed E-state index contributed by atoms with van der Waals surface area (Å²) in [5.41, 5.74) is 0. The van der Waals surface area contributed by atoms with Gasteiger partial charge in [0.1, 0.15) is 0 Å². The van der Waals surface area contributed by atoms with Gasteiger partial charge in [0.15, 0.2) is 0 Å². The summed E-state index contributed by atoms with van der Waals surface area (Å²) in [5, 5.41) is 0. The third kappa shape index (κ3) is 7.67. The Hall–Kier alpha value is -1.06. The van der Waals surface area contributed by atoms with Gasteiger partial charge in [-0.05, 0) is 51.4 Å². The summed E-state index contributed by atoms with van der Waals surface area (Å²) in [4.78, 5) is 24.0. The number of hydrogen-bond acceptors (Lipinski definition) is 4. The van der Waals surface area contributed by atoms with E-state index in [1.54, 1.807) is 0 Å². The average Bonchev–Trinajstić information content (AvgIpc) is 2.60. The van der Waals surface area contributed by atoms with Gasteiger partial charge in [-0.15, -0.1) is 0 Å². The second-order valence-electron chi connectivity index (χ2n) is 7.08. The molecule has 0 saturated heterocycles. The van der Waals surface area contributed by atoms with Gasteiger partial charge in [-0.25, -0.2) is 0 Å². The van der Waals surface area contributed by atoms with Gasteiger partial charge in [0.05, 0.1) is 25.0 Å². The van der Waals surface area contributed by atoms with Crippen LogP contribution in [0.3, 0.4) is 0 Å². The van der Waals surface area contributed by atoms with Crippen molar-refractivity contribution < 1.29 is 19.1 Å². The van der Waals surface area contributed by atoms with Gasteiger partial charge >= 0.3 is 11.9 Å². The summed E-state index contributed by atoms with van der Waals surface area (Å²) in [6, 6.07) is 0. The van der Waals surface area contributed by atoms with Crippen molar-refractivity contribution in [1.29, 1.82) is 0 Å². The van der Waals surface area contributed by atoms with Crippen molar-refractivity contribution in [3.8, 4) is 0 Å². The number of unbranched alkanes of at least 4 members (excludes halogenated alkanes) is 2. The molecule has 0 heterocycles. The van der Waals surface area contributed by atoms with Crippen LogP contribution in [-0.4, -0.2) is 25.2 Å². The summed E-state index contributed by atoms with van der Waals surface area (Å²) in [7, 11) is 0. The lowest BCUT2D eigenvalue weighted by Gasteiger charge is -2.26. The van der Waals surface area contributed by atoms with E-state index >= 15 is 0 Å². The summed E-state index contributed by atoms with van der Waals surface area (Å²) < 4.78 is 10.7. The molecule has 0 bridgehead atoms. The molecule has 0 aromatic heterocycles. The van der Waals surface area contributed by atoms with E-state index in [9.17, 15) is 9.59 Å². The molecule has 24 heavy (non-hydrogen) atoms. The van der Waals surface area contributed by atoms with Crippen LogP contribution in [0, 0.1) is 17.8 Å². The molecule has 1 unspecified atom stereocenters. The first-order valence-electron chi connectivity index (χ1n) is 9.95. The monoisotopic (exact) mass is 340 g/mol. The third-order valence-corrected chi connectivity index (χ3v) is 5.05. The van der Waals surface area contributed by atoms with E-state index in [0.717, 1.165) is 44.9 Å². The zero-order chi connectivity index (χ0) is 17.8. The van der Waals surface area contributed by atoms with Crippen LogP contribution < -0.4 is 0 Å². The largest absolute Gasteiger partial charge is 0.466 e. The molecule has 4 heteroatoms. The Morgan fingerprint density at radius 2 is 1.42 bits per heavy atom. The van der Waals surface area contributed by atoms with Crippen molar-refractivity contribution in [2.24, 2.45) is 17.8 Å². The number of rotatable bonds is 11. The molecule has 0 aromatic carbocycles. The van der Waals surface area contributed by atoms with E-state index < -0.39 is 0 Å². The molecular formula is C20H36O4. The number of ether oxygens (including phenoxy) is 2. The molecular weight excluding hydrogens is 304 g/mol. The highest BCUT2D eigenvalue weighted by atomic mass is 16.5. The molecule has 1 rings (SSSR count). The van der Waals surface area contributed by atoms with E-state index in [2.05, 4.69) is 13.8 Å². The SMILES string of the molecule is CCCCCC(CCC)COC(=O)C1CCC(C(=O)OCC)CC1. The van der Waals surface area contributed by atoms with Crippen molar-refractivity contribution >= 4 is 11.9 Å². The van der Waals surface area contributed by atoms with Crippen LogP contribution in [0.4, 0.5) is 0 Å². The van der Waals surface area contributed by atoms with Crippen LogP contribution in [0.5, 0.6) is 0 Å². The Labute approximate surface area is 147 Å². The van der Waals surface area contributed by atoms with E-state index in [0.29, 0.717) is 19.1 Å². The standard InChI is InChI=1S/C20H36O4/c1-4-7-8-10-16(9-5-2)15-24-20(22)18-13-11-17(12-14-18)19(21)23-6-3/h16-18H,4-15H2,1-3H3. The molecule has 0 aromatic rings. The molecule has 0 spiro atoms. The van der Waals surface area contributed by atoms with Crippen molar-refractivity contribution in [1.82, 2.24) is 0 Å². The lowest BCUT2D eigenvalue weighted by Crippen LogP contribution is -2.29. The molecule has 0 amide bonds. The molecule has 0 aliphatic heterocycles. The van der Waals surface area contributed by atoms with Crippen LogP contribution in [0.15, 0.2) is 0 Å². The molecule has 1 aliphatic rings. The maximum atomic E-state index is 12.3. The smallest absolute Gasteiger partial charge is 0.308 e. The molecule has 140 valence electrons. The van der Waals surface area contributed by atoms with Gasteiger partial charge in [-0.1, -0.05) is 39.5 Å². The number of hydrogen-bond donors (Lipinski definition) is 0. The fraction of sp³-hybridized carbons (Fsp3) is 0.900. The van der Waals surface area contributed by atoms with Crippen molar-refractivity contribution in [2.45, 2.75) is 85.0 Å². The normalized spacial score (nSPS) is 22.0. The number of carbonyl (C=O) groups is 2. The van der Waals surface area contributed by atoms with Crippen LogP contribution in [0.25, 0.3) is 0 Å².